The van der Waals surface area contributed by atoms with Gasteiger partial charge in [-0.2, -0.15) is 0 Å². The zero-order chi connectivity index (χ0) is 12.3. The lowest BCUT2D eigenvalue weighted by Crippen LogP contribution is -2.27. The van der Waals surface area contributed by atoms with Gasteiger partial charge in [-0.25, -0.2) is 4.79 Å². The number of anilines is 1. The van der Waals surface area contributed by atoms with Gasteiger partial charge in [0.25, 0.3) is 0 Å². The third-order valence-electron chi connectivity index (χ3n) is 2.07. The number of carbonyl (C=O) groups excluding carboxylic acids is 1. The third kappa shape index (κ3) is 2.79. The van der Waals surface area contributed by atoms with Gasteiger partial charge >= 0.3 is 6.03 Å². The van der Waals surface area contributed by atoms with Crippen LogP contribution in [0, 0.1) is 0 Å². The Morgan fingerprint density at radius 2 is 1.94 bits per heavy atom. The first kappa shape index (κ1) is 11.5. The standard InChI is InChI=1S/C11H12N4OS/c1-15(2)11(16)12-10-14-13-9(17-10)8-6-4-3-5-7-8/h3-7H,1-2H3,(H,12,14,16). The number of nitrogens with zero attached hydrogens (tertiary/aromatic N) is 3. The second-order valence-electron chi connectivity index (χ2n) is 3.60. The van der Waals surface area contributed by atoms with Crippen LogP contribution in [0.1, 0.15) is 0 Å². The fraction of sp³-hybridized carbons (Fsp3) is 0.182. The highest BCUT2D eigenvalue weighted by atomic mass is 32.1. The maximum Gasteiger partial charge on any atom is 0.323 e. The van der Waals surface area contributed by atoms with Gasteiger partial charge in [0.05, 0.1) is 0 Å². The van der Waals surface area contributed by atoms with Gasteiger partial charge in [0.15, 0.2) is 0 Å². The number of benzene rings is 1. The van der Waals surface area contributed by atoms with Gasteiger partial charge in [0.2, 0.25) is 5.13 Å². The molecule has 2 rings (SSSR count). The maximum absolute atomic E-state index is 11.4. The van der Waals surface area contributed by atoms with Crippen molar-refractivity contribution in [2.24, 2.45) is 0 Å². The fourth-order valence-electron chi connectivity index (χ4n) is 1.17. The predicted molar refractivity (Wildman–Crippen MR) is 68.1 cm³/mol. The fourth-order valence-corrected chi connectivity index (χ4v) is 1.91. The second kappa shape index (κ2) is 4.92. The van der Waals surface area contributed by atoms with Crippen molar-refractivity contribution in [1.82, 2.24) is 15.1 Å². The number of hydrogen-bond acceptors (Lipinski definition) is 4. The molecule has 0 bridgehead atoms. The van der Waals surface area contributed by atoms with Crippen LogP contribution < -0.4 is 5.32 Å². The summed E-state index contributed by atoms with van der Waals surface area (Å²) >= 11 is 1.35. The van der Waals surface area contributed by atoms with Crippen LogP contribution in [-0.4, -0.2) is 35.2 Å². The molecule has 1 aromatic carbocycles. The Kier molecular flexibility index (Phi) is 3.34. The van der Waals surface area contributed by atoms with Gasteiger partial charge in [0.1, 0.15) is 5.01 Å². The van der Waals surface area contributed by atoms with Crippen molar-refractivity contribution in [2.45, 2.75) is 0 Å². The average Bonchev–Trinajstić information content (AvgIpc) is 2.78. The molecule has 1 heterocycles. The summed E-state index contributed by atoms with van der Waals surface area (Å²) in [6, 6.07) is 9.53. The van der Waals surface area contributed by atoms with E-state index in [1.165, 1.54) is 16.2 Å². The number of rotatable bonds is 2. The number of carbonyl (C=O) groups is 1. The molecule has 0 aliphatic heterocycles. The van der Waals surface area contributed by atoms with E-state index in [1.54, 1.807) is 14.1 Å². The van der Waals surface area contributed by atoms with E-state index in [0.717, 1.165) is 10.6 Å². The summed E-state index contributed by atoms with van der Waals surface area (Å²) in [5, 5.41) is 11.9. The molecule has 0 aliphatic carbocycles. The normalized spacial score (nSPS) is 10.0. The highest BCUT2D eigenvalue weighted by Crippen LogP contribution is 2.25. The highest BCUT2D eigenvalue weighted by molar-refractivity contribution is 7.18. The second-order valence-corrected chi connectivity index (χ2v) is 4.58. The molecule has 1 N–H and O–H groups in total. The maximum atomic E-state index is 11.4. The molecular weight excluding hydrogens is 236 g/mol. The van der Waals surface area contributed by atoms with Crippen molar-refractivity contribution in [3.63, 3.8) is 0 Å². The first-order chi connectivity index (χ1) is 8.16. The zero-order valence-corrected chi connectivity index (χ0v) is 10.4. The van der Waals surface area contributed by atoms with Gasteiger partial charge in [-0.3, -0.25) is 5.32 Å². The minimum absolute atomic E-state index is 0.208. The van der Waals surface area contributed by atoms with E-state index in [4.69, 9.17) is 0 Å². The third-order valence-corrected chi connectivity index (χ3v) is 2.95. The Morgan fingerprint density at radius 1 is 1.24 bits per heavy atom. The molecule has 0 atom stereocenters. The topological polar surface area (TPSA) is 58.1 Å². The van der Waals surface area contributed by atoms with E-state index in [2.05, 4.69) is 15.5 Å². The summed E-state index contributed by atoms with van der Waals surface area (Å²) in [4.78, 5) is 12.9. The van der Waals surface area contributed by atoms with Gasteiger partial charge in [-0.1, -0.05) is 41.7 Å². The van der Waals surface area contributed by atoms with E-state index < -0.39 is 0 Å². The minimum atomic E-state index is -0.208. The number of aromatic nitrogens is 2. The molecule has 0 spiro atoms. The average molecular weight is 248 g/mol. The highest BCUT2D eigenvalue weighted by Gasteiger charge is 2.09. The number of amides is 2. The van der Waals surface area contributed by atoms with Gasteiger partial charge in [-0.05, 0) is 0 Å². The van der Waals surface area contributed by atoms with E-state index >= 15 is 0 Å². The summed E-state index contributed by atoms with van der Waals surface area (Å²) in [6.07, 6.45) is 0. The molecule has 1 aromatic heterocycles. The van der Waals surface area contributed by atoms with E-state index in [9.17, 15) is 4.79 Å². The molecule has 0 saturated carbocycles. The lowest BCUT2D eigenvalue weighted by Gasteiger charge is -2.08. The molecule has 0 fully saturated rings. The lowest BCUT2D eigenvalue weighted by molar-refractivity contribution is 0.230. The van der Waals surface area contributed by atoms with Crippen molar-refractivity contribution in [2.75, 3.05) is 19.4 Å². The molecule has 0 saturated heterocycles. The Morgan fingerprint density at radius 3 is 2.59 bits per heavy atom. The van der Waals surface area contributed by atoms with Crippen LogP contribution >= 0.6 is 11.3 Å². The molecule has 2 aromatic rings. The van der Waals surface area contributed by atoms with E-state index in [0.29, 0.717) is 5.13 Å². The molecule has 2 amide bonds. The van der Waals surface area contributed by atoms with Crippen molar-refractivity contribution >= 4 is 22.5 Å². The molecular formula is C11H12N4OS. The van der Waals surface area contributed by atoms with Gasteiger partial charge < -0.3 is 4.90 Å². The molecule has 5 nitrogen and oxygen atoms in total. The predicted octanol–water partition coefficient (Wildman–Crippen LogP) is 2.30. The Bertz CT molecular complexity index is 509. The Balaban J connectivity index is 2.14. The number of nitrogens with one attached hydrogen (secondary N) is 1. The van der Waals surface area contributed by atoms with Crippen LogP contribution in [0.5, 0.6) is 0 Å². The number of hydrogen-bond donors (Lipinski definition) is 1. The smallest absolute Gasteiger partial charge is 0.323 e. The van der Waals surface area contributed by atoms with Gasteiger partial charge in [-0.15, -0.1) is 10.2 Å². The van der Waals surface area contributed by atoms with Crippen LogP contribution in [0.2, 0.25) is 0 Å². The van der Waals surface area contributed by atoms with Crippen LogP contribution in [0.3, 0.4) is 0 Å². The Hall–Kier alpha value is -1.95. The first-order valence-corrected chi connectivity index (χ1v) is 5.85. The minimum Gasteiger partial charge on any atom is -0.331 e. The summed E-state index contributed by atoms with van der Waals surface area (Å²) in [5.74, 6) is 0. The molecule has 0 radical (unpaired) electrons. The summed E-state index contributed by atoms with van der Waals surface area (Å²) in [7, 11) is 3.35. The van der Waals surface area contributed by atoms with Crippen molar-refractivity contribution < 1.29 is 4.79 Å². The van der Waals surface area contributed by atoms with Gasteiger partial charge in [0, 0.05) is 19.7 Å². The van der Waals surface area contributed by atoms with Crippen LogP contribution in [0.4, 0.5) is 9.93 Å². The molecule has 17 heavy (non-hydrogen) atoms. The van der Waals surface area contributed by atoms with E-state index in [-0.39, 0.29) is 6.03 Å². The molecule has 0 aliphatic rings. The Labute approximate surface area is 103 Å². The zero-order valence-electron chi connectivity index (χ0n) is 9.54. The quantitative estimate of drug-likeness (QED) is 0.887. The monoisotopic (exact) mass is 248 g/mol. The van der Waals surface area contributed by atoms with Crippen molar-refractivity contribution in [3.05, 3.63) is 30.3 Å². The summed E-state index contributed by atoms with van der Waals surface area (Å²) < 4.78 is 0. The summed E-state index contributed by atoms with van der Waals surface area (Å²) in [5.41, 5.74) is 0.996. The van der Waals surface area contributed by atoms with Crippen molar-refractivity contribution in [3.8, 4) is 10.6 Å². The summed E-state index contributed by atoms with van der Waals surface area (Å²) in [6.45, 7) is 0. The number of urea groups is 1. The lowest BCUT2D eigenvalue weighted by atomic mass is 10.2. The van der Waals surface area contributed by atoms with Crippen LogP contribution in [0.25, 0.3) is 10.6 Å². The first-order valence-electron chi connectivity index (χ1n) is 5.04. The molecule has 0 unspecified atom stereocenters. The van der Waals surface area contributed by atoms with E-state index in [1.807, 2.05) is 30.3 Å². The SMILES string of the molecule is CN(C)C(=O)Nc1nnc(-c2ccccc2)s1. The van der Waals surface area contributed by atoms with Crippen LogP contribution in [0.15, 0.2) is 30.3 Å². The van der Waals surface area contributed by atoms with Crippen molar-refractivity contribution in [1.29, 1.82) is 0 Å². The van der Waals surface area contributed by atoms with Crippen LogP contribution in [-0.2, 0) is 0 Å². The molecule has 6 heteroatoms. The molecule has 88 valence electrons. The largest absolute Gasteiger partial charge is 0.331 e.